The Bertz CT molecular complexity index is 1230. The zero-order valence-corrected chi connectivity index (χ0v) is 22.1. The number of carbonyl (C=O) groups is 4. The van der Waals surface area contributed by atoms with E-state index in [0.717, 1.165) is 11.1 Å². The lowest BCUT2D eigenvalue weighted by molar-refractivity contribution is -0.158. The standard InChI is InChI=1S/C30H31NO9/c1-36-28(33)21-39-30(35)26(31-27(32)19-37-17-23-8-4-2-5-9-23)16-22-12-14-25(15-13-22)40-29(34)20-38-18-24-10-6-3-7-11-24/h2-15,26H,16-21H2,1H3,(H,31,32)/t26-/m1/s1. The quantitative estimate of drug-likeness (QED) is 0.225. The Morgan fingerprint density at radius 1 is 0.675 bits per heavy atom. The van der Waals surface area contributed by atoms with Gasteiger partial charge in [0, 0.05) is 6.42 Å². The van der Waals surface area contributed by atoms with Crippen molar-refractivity contribution in [3.63, 3.8) is 0 Å². The van der Waals surface area contributed by atoms with Crippen LogP contribution < -0.4 is 10.1 Å². The summed E-state index contributed by atoms with van der Waals surface area (Å²) in [5, 5.41) is 2.58. The highest BCUT2D eigenvalue weighted by atomic mass is 16.6. The smallest absolute Gasteiger partial charge is 0.344 e. The third-order valence-electron chi connectivity index (χ3n) is 5.45. The van der Waals surface area contributed by atoms with Gasteiger partial charge in [0.1, 0.15) is 25.0 Å². The molecular weight excluding hydrogens is 518 g/mol. The molecule has 0 fully saturated rings. The average Bonchev–Trinajstić information content (AvgIpc) is 2.97. The van der Waals surface area contributed by atoms with Gasteiger partial charge >= 0.3 is 17.9 Å². The van der Waals surface area contributed by atoms with Gasteiger partial charge in [0.25, 0.3) is 0 Å². The van der Waals surface area contributed by atoms with Crippen LogP contribution in [0.2, 0.25) is 0 Å². The Balaban J connectivity index is 1.51. The van der Waals surface area contributed by atoms with E-state index in [0.29, 0.717) is 11.3 Å². The first-order valence-corrected chi connectivity index (χ1v) is 12.5. The van der Waals surface area contributed by atoms with Crippen LogP contribution in [0.3, 0.4) is 0 Å². The summed E-state index contributed by atoms with van der Waals surface area (Å²) >= 11 is 0. The largest absolute Gasteiger partial charge is 0.466 e. The van der Waals surface area contributed by atoms with Crippen LogP contribution in [0.4, 0.5) is 0 Å². The monoisotopic (exact) mass is 549 g/mol. The molecule has 40 heavy (non-hydrogen) atoms. The highest BCUT2D eigenvalue weighted by Crippen LogP contribution is 2.15. The van der Waals surface area contributed by atoms with E-state index in [9.17, 15) is 19.2 Å². The third-order valence-corrected chi connectivity index (χ3v) is 5.45. The second-order valence-corrected chi connectivity index (χ2v) is 8.58. The maximum Gasteiger partial charge on any atom is 0.344 e. The van der Waals surface area contributed by atoms with Crippen LogP contribution in [0.1, 0.15) is 16.7 Å². The first-order valence-electron chi connectivity index (χ1n) is 12.5. The van der Waals surface area contributed by atoms with Crippen molar-refractivity contribution < 1.29 is 42.9 Å². The molecule has 0 spiro atoms. The van der Waals surface area contributed by atoms with E-state index >= 15 is 0 Å². The molecule has 210 valence electrons. The highest BCUT2D eigenvalue weighted by molar-refractivity contribution is 5.86. The number of hydrogen-bond acceptors (Lipinski definition) is 9. The topological polar surface area (TPSA) is 126 Å². The Morgan fingerprint density at radius 3 is 1.82 bits per heavy atom. The van der Waals surface area contributed by atoms with Crippen molar-refractivity contribution in [3.8, 4) is 5.75 Å². The van der Waals surface area contributed by atoms with E-state index in [1.807, 2.05) is 60.7 Å². The SMILES string of the molecule is COC(=O)COC(=O)[C@@H](Cc1ccc(OC(=O)COCc2ccccc2)cc1)NC(=O)COCc1ccccc1. The molecule has 0 unspecified atom stereocenters. The number of rotatable bonds is 15. The van der Waals surface area contributed by atoms with Gasteiger partial charge in [0.2, 0.25) is 5.91 Å². The molecule has 1 atom stereocenters. The van der Waals surface area contributed by atoms with Crippen LogP contribution in [-0.4, -0.2) is 56.8 Å². The summed E-state index contributed by atoms with van der Waals surface area (Å²) in [6.45, 7) is -0.581. The molecule has 0 aliphatic heterocycles. The van der Waals surface area contributed by atoms with Crippen LogP contribution in [0, 0.1) is 0 Å². The highest BCUT2D eigenvalue weighted by Gasteiger charge is 2.24. The molecular formula is C30H31NO9. The minimum absolute atomic E-state index is 0.0544. The molecule has 0 bridgehead atoms. The number of amides is 1. The molecule has 0 aliphatic rings. The molecule has 0 saturated heterocycles. The van der Waals surface area contributed by atoms with Gasteiger partial charge in [-0.2, -0.15) is 0 Å². The summed E-state index contributed by atoms with van der Waals surface area (Å²) < 4.78 is 25.6. The molecule has 10 nitrogen and oxygen atoms in total. The van der Waals surface area contributed by atoms with Crippen molar-refractivity contribution in [2.45, 2.75) is 25.7 Å². The van der Waals surface area contributed by atoms with E-state index in [-0.39, 0.29) is 32.8 Å². The van der Waals surface area contributed by atoms with Crippen LogP contribution in [0.15, 0.2) is 84.9 Å². The normalized spacial score (nSPS) is 11.2. The minimum Gasteiger partial charge on any atom is -0.466 e. The van der Waals surface area contributed by atoms with Crippen LogP contribution in [-0.2, 0) is 57.8 Å². The predicted molar refractivity (Wildman–Crippen MR) is 143 cm³/mol. The number of esters is 3. The molecule has 0 radical (unpaired) electrons. The van der Waals surface area contributed by atoms with Crippen molar-refractivity contribution >= 4 is 23.8 Å². The van der Waals surface area contributed by atoms with Gasteiger partial charge in [-0.25, -0.2) is 14.4 Å². The van der Waals surface area contributed by atoms with Crippen LogP contribution >= 0.6 is 0 Å². The minimum atomic E-state index is -1.10. The second kappa shape index (κ2) is 16.4. The number of benzene rings is 3. The molecule has 3 aromatic carbocycles. The fourth-order valence-electron chi connectivity index (χ4n) is 3.47. The van der Waals surface area contributed by atoms with Gasteiger partial charge in [-0.1, -0.05) is 72.8 Å². The summed E-state index contributed by atoms with van der Waals surface area (Å²) in [6, 6.07) is 24.1. The first-order chi connectivity index (χ1) is 19.4. The van der Waals surface area contributed by atoms with Gasteiger partial charge in [-0.05, 0) is 28.8 Å². The molecule has 3 rings (SSSR count). The van der Waals surface area contributed by atoms with Crippen LogP contribution in [0.25, 0.3) is 0 Å². The van der Waals surface area contributed by atoms with Crippen molar-refractivity contribution in [1.29, 1.82) is 0 Å². The van der Waals surface area contributed by atoms with Gasteiger partial charge in [-0.15, -0.1) is 0 Å². The maximum atomic E-state index is 12.6. The number of carbonyl (C=O) groups excluding carboxylic acids is 4. The summed E-state index contributed by atoms with van der Waals surface area (Å²) in [6.07, 6.45) is 0.0544. The first kappa shape index (κ1) is 30.0. The zero-order chi connectivity index (χ0) is 28.6. The van der Waals surface area contributed by atoms with E-state index in [1.54, 1.807) is 24.3 Å². The maximum absolute atomic E-state index is 12.6. The van der Waals surface area contributed by atoms with Crippen molar-refractivity contribution in [2.75, 3.05) is 26.9 Å². The lowest BCUT2D eigenvalue weighted by atomic mass is 10.1. The van der Waals surface area contributed by atoms with E-state index in [1.165, 1.54) is 7.11 Å². The Labute approximate surface area is 232 Å². The molecule has 1 amide bonds. The molecule has 0 aromatic heterocycles. The lowest BCUT2D eigenvalue weighted by Gasteiger charge is -2.18. The third kappa shape index (κ3) is 11.1. The van der Waals surface area contributed by atoms with Crippen molar-refractivity contribution in [3.05, 3.63) is 102 Å². The summed E-state index contributed by atoms with van der Waals surface area (Å²) in [5.74, 6) is -2.34. The molecule has 0 aliphatic carbocycles. The number of methoxy groups -OCH3 is 1. The van der Waals surface area contributed by atoms with Crippen molar-refractivity contribution in [2.24, 2.45) is 0 Å². The number of hydrogen-bond donors (Lipinski definition) is 1. The molecule has 1 N–H and O–H groups in total. The van der Waals surface area contributed by atoms with Gasteiger partial charge in [0.05, 0.1) is 20.3 Å². The van der Waals surface area contributed by atoms with Crippen LogP contribution in [0.5, 0.6) is 5.75 Å². The zero-order valence-electron chi connectivity index (χ0n) is 22.1. The lowest BCUT2D eigenvalue weighted by Crippen LogP contribution is -2.45. The molecule has 0 saturated carbocycles. The Kier molecular flexibility index (Phi) is 12.3. The summed E-state index contributed by atoms with van der Waals surface area (Å²) in [5.41, 5.74) is 2.48. The van der Waals surface area contributed by atoms with E-state index < -0.39 is 36.5 Å². The van der Waals surface area contributed by atoms with Gasteiger partial charge in [0.15, 0.2) is 6.61 Å². The Hall–Kier alpha value is -4.54. The fraction of sp³-hybridized carbons (Fsp3) is 0.267. The predicted octanol–water partition coefficient (Wildman–Crippen LogP) is 2.77. The summed E-state index contributed by atoms with van der Waals surface area (Å²) in [7, 11) is 1.17. The fourth-order valence-corrected chi connectivity index (χ4v) is 3.47. The van der Waals surface area contributed by atoms with E-state index in [2.05, 4.69) is 10.1 Å². The van der Waals surface area contributed by atoms with Gasteiger partial charge < -0.3 is 29.0 Å². The average molecular weight is 550 g/mol. The molecule has 0 heterocycles. The molecule has 10 heteroatoms. The second-order valence-electron chi connectivity index (χ2n) is 8.58. The number of ether oxygens (including phenoxy) is 5. The summed E-state index contributed by atoms with van der Waals surface area (Å²) in [4.78, 5) is 48.6. The van der Waals surface area contributed by atoms with Gasteiger partial charge in [-0.3, -0.25) is 4.79 Å². The number of nitrogens with one attached hydrogen (secondary N) is 1. The molecule has 3 aromatic rings. The Morgan fingerprint density at radius 2 is 1.25 bits per heavy atom. The van der Waals surface area contributed by atoms with E-state index in [4.69, 9.17) is 18.9 Å². The van der Waals surface area contributed by atoms with Crippen molar-refractivity contribution in [1.82, 2.24) is 5.32 Å².